The maximum absolute atomic E-state index is 12.3. The number of aromatic carboxylic acids is 1. The molecule has 150 valence electrons. The lowest BCUT2D eigenvalue weighted by Crippen LogP contribution is -2.19. The first-order valence-corrected chi connectivity index (χ1v) is 9.22. The molecule has 2 aromatic rings. The summed E-state index contributed by atoms with van der Waals surface area (Å²) in [4.78, 5) is 28.3. The van der Waals surface area contributed by atoms with Crippen molar-refractivity contribution in [2.24, 2.45) is 4.99 Å². The average Bonchev–Trinajstić information content (AvgIpc) is 3.03. The molecule has 3 N–H and O–H groups in total. The summed E-state index contributed by atoms with van der Waals surface area (Å²) in [6, 6.07) is 7.77. The third kappa shape index (κ3) is 4.35. The fraction of sp³-hybridized carbons (Fsp3) is 0.150. The van der Waals surface area contributed by atoms with E-state index in [1.54, 1.807) is 31.2 Å². The van der Waals surface area contributed by atoms with E-state index in [1.165, 1.54) is 26.4 Å². The minimum absolute atomic E-state index is 0.114. The number of phenolic OH excluding ortho intramolecular Hbond substituents is 1. The van der Waals surface area contributed by atoms with Crippen LogP contribution in [-0.2, 0) is 4.79 Å². The highest BCUT2D eigenvalue weighted by molar-refractivity contribution is 8.18. The number of aliphatic imine (C=N–C) groups is 1. The predicted octanol–water partition coefficient (Wildman–Crippen LogP) is 3.31. The quantitative estimate of drug-likeness (QED) is 0.643. The highest BCUT2D eigenvalue weighted by atomic mass is 32.2. The summed E-state index contributed by atoms with van der Waals surface area (Å²) < 4.78 is 10.2. The Labute approximate surface area is 170 Å². The molecule has 0 radical (unpaired) electrons. The van der Waals surface area contributed by atoms with Crippen molar-refractivity contribution in [2.45, 2.75) is 6.92 Å². The average molecular weight is 414 g/mol. The van der Waals surface area contributed by atoms with Crippen LogP contribution in [0.1, 0.15) is 21.5 Å². The molecule has 9 heteroatoms. The first kappa shape index (κ1) is 20.3. The summed E-state index contributed by atoms with van der Waals surface area (Å²) in [7, 11) is 2.83. The largest absolute Gasteiger partial charge is 0.502 e. The smallest absolute Gasteiger partial charge is 0.335 e. The Hall–Kier alpha value is -3.46. The molecule has 1 amide bonds. The van der Waals surface area contributed by atoms with Gasteiger partial charge in [0.1, 0.15) is 0 Å². The van der Waals surface area contributed by atoms with Crippen LogP contribution in [0.4, 0.5) is 5.69 Å². The van der Waals surface area contributed by atoms with Gasteiger partial charge in [-0.1, -0.05) is 6.07 Å². The Morgan fingerprint density at radius 2 is 1.83 bits per heavy atom. The molecule has 0 bridgehead atoms. The van der Waals surface area contributed by atoms with E-state index in [9.17, 15) is 14.7 Å². The molecule has 0 atom stereocenters. The number of amides is 1. The van der Waals surface area contributed by atoms with E-state index in [2.05, 4.69) is 10.3 Å². The van der Waals surface area contributed by atoms with Crippen LogP contribution < -0.4 is 14.8 Å². The van der Waals surface area contributed by atoms with Gasteiger partial charge in [-0.05, 0) is 60.2 Å². The van der Waals surface area contributed by atoms with E-state index in [0.29, 0.717) is 21.3 Å². The number of amidine groups is 1. The van der Waals surface area contributed by atoms with Crippen LogP contribution in [0.3, 0.4) is 0 Å². The van der Waals surface area contributed by atoms with Crippen LogP contribution in [-0.4, -0.2) is 41.5 Å². The molecule has 2 aromatic carbocycles. The van der Waals surface area contributed by atoms with Crippen LogP contribution >= 0.6 is 11.8 Å². The van der Waals surface area contributed by atoms with Gasteiger partial charge in [-0.2, -0.15) is 0 Å². The number of methoxy groups -OCH3 is 2. The van der Waals surface area contributed by atoms with Gasteiger partial charge in [0.15, 0.2) is 16.7 Å². The number of carboxylic acids is 1. The molecule has 1 fully saturated rings. The first-order chi connectivity index (χ1) is 13.8. The molecule has 1 heterocycles. The second kappa shape index (κ2) is 8.27. The second-order valence-corrected chi connectivity index (χ2v) is 7.09. The summed E-state index contributed by atoms with van der Waals surface area (Å²) in [5.41, 5.74) is 1.95. The van der Waals surface area contributed by atoms with E-state index in [1.807, 2.05) is 0 Å². The number of hydrogen-bond donors (Lipinski definition) is 3. The lowest BCUT2D eigenvalue weighted by Gasteiger charge is -2.09. The van der Waals surface area contributed by atoms with E-state index in [4.69, 9.17) is 14.6 Å². The lowest BCUT2D eigenvalue weighted by molar-refractivity contribution is -0.115. The van der Waals surface area contributed by atoms with E-state index in [-0.39, 0.29) is 28.7 Å². The number of aryl methyl sites for hydroxylation is 1. The van der Waals surface area contributed by atoms with Crippen molar-refractivity contribution in [2.75, 3.05) is 14.2 Å². The highest BCUT2D eigenvalue weighted by Gasteiger charge is 2.24. The molecule has 1 aliphatic rings. The standard InChI is InChI=1S/C20H18N2O6S/c1-10-4-5-12(19(25)26)9-13(10)21-20-22-18(24)16(29-20)8-11-6-14(27-2)17(23)15(7-11)28-3/h4-9,23H,1-3H3,(H,25,26)(H,21,22,24)/b16-8-. The Kier molecular flexibility index (Phi) is 5.79. The zero-order valence-corrected chi connectivity index (χ0v) is 16.7. The number of thioether (sulfide) groups is 1. The van der Waals surface area contributed by atoms with Gasteiger partial charge in [0.25, 0.3) is 5.91 Å². The van der Waals surface area contributed by atoms with E-state index < -0.39 is 5.97 Å². The van der Waals surface area contributed by atoms with Gasteiger partial charge < -0.3 is 25.0 Å². The maximum atomic E-state index is 12.3. The van der Waals surface area contributed by atoms with Gasteiger partial charge in [0.05, 0.1) is 30.4 Å². The number of ether oxygens (including phenoxy) is 2. The number of benzene rings is 2. The number of rotatable bonds is 5. The number of carbonyl (C=O) groups is 2. The number of carboxylic acid groups (broad SMARTS) is 1. The summed E-state index contributed by atoms with van der Waals surface area (Å²) in [5.74, 6) is -1.09. The summed E-state index contributed by atoms with van der Waals surface area (Å²) >= 11 is 1.12. The molecule has 3 rings (SSSR count). The lowest BCUT2D eigenvalue weighted by atomic mass is 10.1. The minimum atomic E-state index is -1.05. The molecular formula is C20H18N2O6S. The normalized spacial score (nSPS) is 16.2. The van der Waals surface area contributed by atoms with Gasteiger partial charge in [0, 0.05) is 0 Å². The van der Waals surface area contributed by atoms with Crippen LogP contribution in [0.2, 0.25) is 0 Å². The molecule has 1 saturated heterocycles. The molecule has 0 aliphatic carbocycles. The van der Waals surface area contributed by atoms with Crippen molar-refractivity contribution in [1.82, 2.24) is 5.32 Å². The van der Waals surface area contributed by atoms with Gasteiger partial charge in [0.2, 0.25) is 5.75 Å². The SMILES string of the molecule is COc1cc(/C=C2\SC(=Nc3cc(C(=O)O)ccc3C)NC2=O)cc(OC)c1O. The van der Waals surface area contributed by atoms with Crippen molar-refractivity contribution in [3.05, 3.63) is 51.9 Å². The Morgan fingerprint density at radius 1 is 1.17 bits per heavy atom. The zero-order chi connectivity index (χ0) is 21.1. The van der Waals surface area contributed by atoms with Crippen molar-refractivity contribution in [3.63, 3.8) is 0 Å². The predicted molar refractivity (Wildman–Crippen MR) is 110 cm³/mol. The number of nitrogens with one attached hydrogen (secondary N) is 1. The Bertz CT molecular complexity index is 1040. The van der Waals surface area contributed by atoms with E-state index >= 15 is 0 Å². The maximum Gasteiger partial charge on any atom is 0.335 e. The van der Waals surface area contributed by atoms with Gasteiger partial charge in [-0.3, -0.25) is 4.79 Å². The molecule has 8 nitrogen and oxygen atoms in total. The summed E-state index contributed by atoms with van der Waals surface area (Å²) in [6.45, 7) is 1.80. The second-order valence-electron chi connectivity index (χ2n) is 6.06. The van der Waals surface area contributed by atoms with Gasteiger partial charge >= 0.3 is 5.97 Å². The molecular weight excluding hydrogens is 396 g/mol. The fourth-order valence-corrected chi connectivity index (χ4v) is 3.44. The molecule has 29 heavy (non-hydrogen) atoms. The molecule has 1 aliphatic heterocycles. The number of carbonyl (C=O) groups excluding carboxylic acids is 1. The van der Waals surface area contributed by atoms with Gasteiger partial charge in [-0.15, -0.1) is 0 Å². The number of aromatic hydroxyl groups is 1. The van der Waals surface area contributed by atoms with Crippen molar-refractivity contribution >= 4 is 40.6 Å². The highest BCUT2D eigenvalue weighted by Crippen LogP contribution is 2.38. The number of phenols is 1. The van der Waals surface area contributed by atoms with Crippen LogP contribution in [0.15, 0.2) is 40.2 Å². The number of hydrogen-bond acceptors (Lipinski definition) is 7. The van der Waals surface area contributed by atoms with Gasteiger partial charge in [-0.25, -0.2) is 9.79 Å². The molecule has 0 saturated carbocycles. The van der Waals surface area contributed by atoms with Crippen molar-refractivity contribution < 1.29 is 29.3 Å². The third-order valence-corrected chi connectivity index (χ3v) is 5.04. The van der Waals surface area contributed by atoms with E-state index in [0.717, 1.165) is 17.3 Å². The van der Waals surface area contributed by atoms with Crippen LogP contribution in [0.25, 0.3) is 6.08 Å². The summed E-state index contributed by atoms with van der Waals surface area (Å²) in [5, 5.41) is 22.1. The van der Waals surface area contributed by atoms with Crippen molar-refractivity contribution in [3.8, 4) is 17.2 Å². The molecule has 0 aromatic heterocycles. The summed E-state index contributed by atoms with van der Waals surface area (Å²) in [6.07, 6.45) is 1.62. The Balaban J connectivity index is 1.92. The zero-order valence-electron chi connectivity index (χ0n) is 15.8. The minimum Gasteiger partial charge on any atom is -0.502 e. The fourth-order valence-electron chi connectivity index (χ4n) is 2.60. The molecule has 0 spiro atoms. The Morgan fingerprint density at radius 3 is 2.41 bits per heavy atom. The first-order valence-electron chi connectivity index (χ1n) is 8.41. The molecule has 0 unspecified atom stereocenters. The monoisotopic (exact) mass is 414 g/mol. The van der Waals surface area contributed by atoms with Crippen LogP contribution in [0, 0.1) is 6.92 Å². The topological polar surface area (TPSA) is 117 Å². The third-order valence-electron chi connectivity index (χ3n) is 4.13. The van der Waals surface area contributed by atoms with Crippen molar-refractivity contribution in [1.29, 1.82) is 0 Å². The van der Waals surface area contributed by atoms with Crippen LogP contribution in [0.5, 0.6) is 17.2 Å². The number of nitrogens with zero attached hydrogens (tertiary/aromatic N) is 1.